The Morgan fingerprint density at radius 2 is 2.18 bits per heavy atom. The van der Waals surface area contributed by atoms with Gasteiger partial charge in [-0.1, -0.05) is 0 Å². The van der Waals surface area contributed by atoms with Crippen molar-refractivity contribution >= 4 is 11.3 Å². The van der Waals surface area contributed by atoms with E-state index in [1.54, 1.807) is 0 Å². The zero-order valence-corrected chi connectivity index (χ0v) is 10.2. The molecule has 90 valence electrons. The third-order valence-electron chi connectivity index (χ3n) is 3.04. The van der Waals surface area contributed by atoms with Gasteiger partial charge in [0.1, 0.15) is 5.00 Å². The molecular weight excluding hydrogens is 238 g/mol. The van der Waals surface area contributed by atoms with Gasteiger partial charge in [-0.15, -0.1) is 20.7 Å². The molecule has 6 nitrogen and oxygen atoms in total. The van der Waals surface area contributed by atoms with Gasteiger partial charge in [0.15, 0.2) is 6.67 Å². The molecule has 0 bridgehead atoms. The molecule has 7 heteroatoms. The third kappa shape index (κ3) is 2.03. The van der Waals surface area contributed by atoms with E-state index < -0.39 is 0 Å². The van der Waals surface area contributed by atoms with E-state index in [1.165, 1.54) is 38.4 Å². The Labute approximate surface area is 102 Å². The van der Waals surface area contributed by atoms with Crippen molar-refractivity contribution in [1.82, 2.24) is 19.8 Å². The fourth-order valence-electron chi connectivity index (χ4n) is 2.15. The second-order valence-electron chi connectivity index (χ2n) is 4.24. The maximum Gasteiger partial charge on any atom is 0.374 e. The van der Waals surface area contributed by atoms with Gasteiger partial charge in [0.25, 0.3) is 0 Å². The van der Waals surface area contributed by atoms with Gasteiger partial charge in [0.05, 0.1) is 13.1 Å². The second kappa shape index (κ2) is 4.42. The predicted octanol–water partition coefficient (Wildman–Crippen LogP) is -0.873. The highest BCUT2D eigenvalue weighted by molar-refractivity contribution is 7.12. The van der Waals surface area contributed by atoms with Crippen molar-refractivity contribution in [2.24, 2.45) is 0 Å². The van der Waals surface area contributed by atoms with Crippen molar-refractivity contribution in [3.05, 3.63) is 28.0 Å². The monoisotopic (exact) mass is 252 g/mol. The molecule has 0 unspecified atom stereocenters. The van der Waals surface area contributed by atoms with Crippen LogP contribution in [0.3, 0.4) is 0 Å². The molecule has 0 atom stereocenters. The van der Waals surface area contributed by atoms with Gasteiger partial charge in [-0.25, -0.2) is 4.79 Å². The van der Waals surface area contributed by atoms with Crippen LogP contribution < -0.4 is 10.6 Å². The highest BCUT2D eigenvalue weighted by Gasteiger charge is 2.18. The molecule has 0 amide bonds. The first kappa shape index (κ1) is 10.7. The minimum atomic E-state index is -0.146. The molecule has 3 heterocycles. The third-order valence-corrected chi connectivity index (χ3v) is 3.88. The van der Waals surface area contributed by atoms with Crippen LogP contribution >= 0.6 is 11.3 Å². The first-order valence-electron chi connectivity index (χ1n) is 5.75. The summed E-state index contributed by atoms with van der Waals surface area (Å²) in [5.41, 5.74) is -0.146. The number of nitrogens with one attached hydrogen (secondary N) is 1. The lowest BCUT2D eigenvalue weighted by atomic mass is 10.4. The van der Waals surface area contributed by atoms with Gasteiger partial charge in [-0.05, 0) is 27.9 Å². The Morgan fingerprint density at radius 3 is 2.88 bits per heavy atom. The molecule has 0 radical (unpaired) electrons. The summed E-state index contributed by atoms with van der Waals surface area (Å²) >= 11 is 1.49. The Hall–Kier alpha value is -1.47. The number of nitrogens with zero attached hydrogens (tertiary/aromatic N) is 4. The number of hydrogen-bond donors (Lipinski definition) is 1. The number of likely N-dealkylation sites (tertiary alicyclic amines) is 1. The van der Waals surface area contributed by atoms with Crippen molar-refractivity contribution in [1.29, 1.82) is 0 Å². The standard InChI is InChI=1S/C10H13N5OS/c16-10-14(8-13-5-1-2-6-13)11-12-15(10)9-4-3-7-17-9/h3-4,7H,1-2,5-6,8H2/p+1. The van der Waals surface area contributed by atoms with E-state index in [-0.39, 0.29) is 5.69 Å². The van der Waals surface area contributed by atoms with E-state index in [0.717, 1.165) is 18.1 Å². The largest absolute Gasteiger partial charge is 0.374 e. The molecule has 0 aromatic carbocycles. The summed E-state index contributed by atoms with van der Waals surface area (Å²) in [5, 5.41) is 10.6. The molecule has 1 aliphatic rings. The zero-order chi connectivity index (χ0) is 11.7. The number of rotatable bonds is 3. The zero-order valence-electron chi connectivity index (χ0n) is 9.37. The van der Waals surface area contributed by atoms with Gasteiger partial charge in [-0.2, -0.15) is 0 Å². The van der Waals surface area contributed by atoms with Crippen LogP contribution in [0.25, 0.3) is 5.00 Å². The molecule has 2 aromatic rings. The number of hydrogen-bond acceptors (Lipinski definition) is 4. The summed E-state index contributed by atoms with van der Waals surface area (Å²) in [4.78, 5) is 13.5. The van der Waals surface area contributed by atoms with Crippen LogP contribution in [0.4, 0.5) is 0 Å². The van der Waals surface area contributed by atoms with Crippen LogP contribution in [0.1, 0.15) is 12.8 Å². The Kier molecular flexibility index (Phi) is 2.77. The second-order valence-corrected chi connectivity index (χ2v) is 5.17. The number of quaternary nitrogens is 1. The molecule has 1 fully saturated rings. The van der Waals surface area contributed by atoms with Crippen molar-refractivity contribution < 1.29 is 4.90 Å². The number of tetrazole rings is 1. The quantitative estimate of drug-likeness (QED) is 0.772. The molecule has 3 rings (SSSR count). The lowest BCUT2D eigenvalue weighted by Gasteiger charge is -2.09. The van der Waals surface area contributed by atoms with Gasteiger partial charge >= 0.3 is 5.69 Å². The lowest BCUT2D eigenvalue weighted by molar-refractivity contribution is -0.911. The van der Waals surface area contributed by atoms with Crippen molar-refractivity contribution in [3.8, 4) is 5.00 Å². The van der Waals surface area contributed by atoms with Crippen molar-refractivity contribution in [3.63, 3.8) is 0 Å². The van der Waals surface area contributed by atoms with Gasteiger partial charge < -0.3 is 4.90 Å². The van der Waals surface area contributed by atoms with E-state index in [9.17, 15) is 4.79 Å². The van der Waals surface area contributed by atoms with Crippen LogP contribution in [-0.4, -0.2) is 32.9 Å². The highest BCUT2D eigenvalue weighted by Crippen LogP contribution is 2.10. The van der Waals surface area contributed by atoms with Gasteiger partial charge in [0.2, 0.25) is 0 Å². The van der Waals surface area contributed by atoms with Gasteiger partial charge in [0, 0.05) is 12.8 Å². The number of thiophene rings is 1. The highest BCUT2D eigenvalue weighted by atomic mass is 32.1. The molecule has 1 N–H and O–H groups in total. The molecule has 0 saturated carbocycles. The normalized spacial score (nSPS) is 16.7. The maximum absolute atomic E-state index is 12.0. The first-order valence-corrected chi connectivity index (χ1v) is 6.63. The minimum absolute atomic E-state index is 0.146. The fourth-order valence-corrected chi connectivity index (χ4v) is 2.82. The van der Waals surface area contributed by atoms with Crippen molar-refractivity contribution in [2.45, 2.75) is 19.5 Å². The Morgan fingerprint density at radius 1 is 1.35 bits per heavy atom. The maximum atomic E-state index is 12.0. The van der Waals surface area contributed by atoms with Gasteiger partial charge in [-0.3, -0.25) is 0 Å². The van der Waals surface area contributed by atoms with Crippen LogP contribution in [0, 0.1) is 0 Å². The van der Waals surface area contributed by atoms with Crippen LogP contribution in [0.15, 0.2) is 22.3 Å². The summed E-state index contributed by atoms with van der Waals surface area (Å²) in [7, 11) is 0. The lowest BCUT2D eigenvalue weighted by Crippen LogP contribution is -3.09. The molecule has 0 spiro atoms. The molecule has 1 aliphatic heterocycles. The smallest absolute Gasteiger partial charge is 0.316 e. The molecule has 17 heavy (non-hydrogen) atoms. The first-order chi connectivity index (χ1) is 8.34. The minimum Gasteiger partial charge on any atom is -0.316 e. The van der Waals surface area contributed by atoms with E-state index >= 15 is 0 Å². The van der Waals surface area contributed by atoms with E-state index in [2.05, 4.69) is 10.4 Å². The summed E-state index contributed by atoms with van der Waals surface area (Å²) < 4.78 is 2.82. The summed E-state index contributed by atoms with van der Waals surface area (Å²) in [6.45, 7) is 2.88. The van der Waals surface area contributed by atoms with Crippen LogP contribution in [-0.2, 0) is 6.67 Å². The van der Waals surface area contributed by atoms with Crippen LogP contribution in [0.2, 0.25) is 0 Å². The molecule has 2 aromatic heterocycles. The van der Waals surface area contributed by atoms with E-state index in [1.807, 2.05) is 17.5 Å². The van der Waals surface area contributed by atoms with Crippen molar-refractivity contribution in [2.75, 3.05) is 13.1 Å². The summed E-state index contributed by atoms with van der Waals surface area (Å²) in [5.74, 6) is 0. The average molecular weight is 252 g/mol. The van der Waals surface area contributed by atoms with E-state index in [0.29, 0.717) is 6.67 Å². The Bertz CT molecular complexity index is 537. The fraction of sp³-hybridized carbons (Fsp3) is 0.500. The average Bonchev–Trinajstić information content (AvgIpc) is 3.03. The van der Waals surface area contributed by atoms with E-state index in [4.69, 9.17) is 0 Å². The Balaban J connectivity index is 1.85. The predicted molar refractivity (Wildman–Crippen MR) is 63.4 cm³/mol. The molecule has 0 aliphatic carbocycles. The number of aromatic nitrogens is 4. The SMILES string of the molecule is O=c1n(C[NH+]2CCCC2)nnn1-c1cccs1. The molecule has 1 saturated heterocycles. The van der Waals surface area contributed by atoms with Crippen LogP contribution in [0.5, 0.6) is 0 Å². The molecular formula is C10H14N5OS+. The topological polar surface area (TPSA) is 57.1 Å². The summed E-state index contributed by atoms with van der Waals surface area (Å²) in [6, 6.07) is 3.77. The summed E-state index contributed by atoms with van der Waals surface area (Å²) in [6.07, 6.45) is 2.48.